The van der Waals surface area contributed by atoms with E-state index >= 15 is 0 Å². The molecular weight excluding hydrogens is 322 g/mol. The molecule has 0 aliphatic carbocycles. The zero-order valence-corrected chi connectivity index (χ0v) is 12.5. The molecule has 2 aromatic rings. The predicted molar refractivity (Wildman–Crippen MR) is 82.9 cm³/mol. The highest BCUT2D eigenvalue weighted by Crippen LogP contribution is 2.23. The summed E-state index contributed by atoms with van der Waals surface area (Å²) in [6.07, 6.45) is 2.41. The standard InChI is InChI=1S/C14H9N3O5S/c1-7-4-12(18)9(13(19)22-7)6-16-11-5-8(17(20)21)2-3-10(11)15-14(16)23/h2-6H,1H3,(H,15,23)/b9-6+. The molecule has 2 heterocycles. The van der Waals surface area contributed by atoms with Gasteiger partial charge in [0.05, 0.1) is 16.0 Å². The van der Waals surface area contributed by atoms with Gasteiger partial charge in [-0.05, 0) is 25.2 Å². The molecule has 1 N–H and O–H groups in total. The number of allylic oxidation sites excluding steroid dienone is 2. The van der Waals surface area contributed by atoms with Gasteiger partial charge < -0.3 is 9.72 Å². The number of H-pyrrole nitrogens is 1. The van der Waals surface area contributed by atoms with Crippen molar-refractivity contribution in [2.24, 2.45) is 0 Å². The molecule has 0 saturated carbocycles. The van der Waals surface area contributed by atoms with Gasteiger partial charge >= 0.3 is 5.97 Å². The summed E-state index contributed by atoms with van der Waals surface area (Å²) in [6.45, 7) is 1.49. The number of hydrogen-bond donors (Lipinski definition) is 1. The number of fused-ring (bicyclic) bond motifs is 1. The lowest BCUT2D eigenvalue weighted by atomic mass is 10.1. The van der Waals surface area contributed by atoms with E-state index in [-0.39, 0.29) is 21.8 Å². The van der Waals surface area contributed by atoms with E-state index in [0.717, 1.165) is 0 Å². The number of nitro benzene ring substituents is 1. The van der Waals surface area contributed by atoms with Gasteiger partial charge in [0.2, 0.25) is 0 Å². The first-order valence-electron chi connectivity index (χ1n) is 6.42. The van der Waals surface area contributed by atoms with Crippen molar-refractivity contribution in [3.8, 4) is 0 Å². The summed E-state index contributed by atoms with van der Waals surface area (Å²) in [5, 5.41) is 10.9. The molecule has 1 aromatic heterocycles. The Morgan fingerprint density at radius 3 is 2.78 bits per heavy atom. The number of imidazole rings is 1. The van der Waals surface area contributed by atoms with E-state index in [0.29, 0.717) is 11.0 Å². The van der Waals surface area contributed by atoms with Crippen LogP contribution in [0.15, 0.2) is 35.6 Å². The Balaban J connectivity index is 2.22. The number of nitrogens with zero attached hydrogens (tertiary/aromatic N) is 2. The number of hydrogen-bond acceptors (Lipinski definition) is 6. The van der Waals surface area contributed by atoms with Crippen LogP contribution in [0.3, 0.4) is 0 Å². The van der Waals surface area contributed by atoms with Gasteiger partial charge in [-0.3, -0.25) is 19.5 Å². The maximum atomic E-state index is 12.0. The number of ether oxygens (including phenoxy) is 1. The van der Waals surface area contributed by atoms with E-state index in [1.165, 1.54) is 42.0 Å². The Bertz CT molecular complexity index is 995. The van der Waals surface area contributed by atoms with Crippen molar-refractivity contribution in [2.45, 2.75) is 6.92 Å². The van der Waals surface area contributed by atoms with Crippen LogP contribution in [0.5, 0.6) is 0 Å². The largest absolute Gasteiger partial charge is 0.427 e. The molecule has 0 atom stereocenters. The number of non-ortho nitro benzene ring substituents is 1. The number of aromatic amines is 1. The van der Waals surface area contributed by atoms with E-state index in [1.54, 1.807) is 0 Å². The number of carbonyl (C=O) groups excluding carboxylic acids is 2. The average molecular weight is 331 g/mol. The fourth-order valence-electron chi connectivity index (χ4n) is 2.19. The molecule has 0 bridgehead atoms. The number of benzene rings is 1. The highest BCUT2D eigenvalue weighted by Gasteiger charge is 2.25. The van der Waals surface area contributed by atoms with Crippen LogP contribution >= 0.6 is 12.2 Å². The lowest BCUT2D eigenvalue weighted by molar-refractivity contribution is -0.384. The molecule has 116 valence electrons. The van der Waals surface area contributed by atoms with Crippen LogP contribution in [0.4, 0.5) is 5.69 Å². The van der Waals surface area contributed by atoms with Gasteiger partial charge in [-0.15, -0.1) is 0 Å². The SMILES string of the molecule is CC1=CC(=O)/C(=C\n2c(=S)[nH]c3ccc([N+](=O)[O-])cc32)C(=O)O1. The van der Waals surface area contributed by atoms with Crippen LogP contribution in [-0.2, 0) is 14.3 Å². The number of carbonyl (C=O) groups is 2. The van der Waals surface area contributed by atoms with Crippen molar-refractivity contribution in [1.29, 1.82) is 0 Å². The zero-order chi connectivity index (χ0) is 16.7. The van der Waals surface area contributed by atoms with Crippen molar-refractivity contribution in [2.75, 3.05) is 0 Å². The third-order valence-electron chi connectivity index (χ3n) is 3.24. The first kappa shape index (κ1) is 14.9. The quantitative estimate of drug-likeness (QED) is 0.226. The van der Waals surface area contributed by atoms with Crippen molar-refractivity contribution in [3.05, 3.63) is 50.5 Å². The lowest BCUT2D eigenvalue weighted by Gasteiger charge is -2.11. The van der Waals surface area contributed by atoms with Crippen molar-refractivity contribution >= 4 is 46.9 Å². The minimum Gasteiger partial charge on any atom is -0.427 e. The van der Waals surface area contributed by atoms with Gasteiger partial charge in [-0.2, -0.15) is 0 Å². The Morgan fingerprint density at radius 1 is 1.39 bits per heavy atom. The van der Waals surface area contributed by atoms with E-state index in [9.17, 15) is 19.7 Å². The molecule has 0 radical (unpaired) electrons. The number of cyclic esters (lactones) is 1. The summed E-state index contributed by atoms with van der Waals surface area (Å²) >= 11 is 5.14. The van der Waals surface area contributed by atoms with Gasteiger partial charge in [0.15, 0.2) is 10.6 Å². The van der Waals surface area contributed by atoms with E-state index < -0.39 is 16.7 Å². The van der Waals surface area contributed by atoms with Crippen molar-refractivity contribution < 1.29 is 19.2 Å². The minimum absolute atomic E-state index is 0.132. The van der Waals surface area contributed by atoms with Gasteiger partial charge in [-0.25, -0.2) is 4.79 Å². The number of nitro groups is 1. The first-order chi connectivity index (χ1) is 10.9. The molecule has 0 amide bonds. The monoisotopic (exact) mass is 331 g/mol. The fraction of sp³-hybridized carbons (Fsp3) is 0.0714. The van der Waals surface area contributed by atoms with Crippen LogP contribution in [0.1, 0.15) is 6.92 Å². The van der Waals surface area contributed by atoms with Crippen LogP contribution in [0.25, 0.3) is 17.2 Å². The number of esters is 1. The normalized spacial score (nSPS) is 16.6. The molecule has 9 heteroatoms. The van der Waals surface area contributed by atoms with E-state index in [1.807, 2.05) is 0 Å². The maximum Gasteiger partial charge on any atom is 0.348 e. The summed E-state index contributed by atoms with van der Waals surface area (Å²) in [5.41, 5.74) is 0.579. The Kier molecular flexibility index (Phi) is 3.41. The Hall–Kier alpha value is -3.07. The molecule has 1 aromatic carbocycles. The average Bonchev–Trinajstić information content (AvgIpc) is 2.77. The van der Waals surface area contributed by atoms with E-state index in [2.05, 4.69) is 4.98 Å². The molecule has 23 heavy (non-hydrogen) atoms. The number of rotatable bonds is 2. The van der Waals surface area contributed by atoms with E-state index in [4.69, 9.17) is 17.0 Å². The summed E-state index contributed by atoms with van der Waals surface area (Å²) in [7, 11) is 0. The molecule has 0 unspecified atom stereocenters. The van der Waals surface area contributed by atoms with Gasteiger partial charge in [0, 0.05) is 24.4 Å². The van der Waals surface area contributed by atoms with Crippen molar-refractivity contribution in [3.63, 3.8) is 0 Å². The summed E-state index contributed by atoms with van der Waals surface area (Å²) in [4.78, 5) is 37.0. The second-order valence-electron chi connectivity index (χ2n) is 4.81. The lowest BCUT2D eigenvalue weighted by Crippen LogP contribution is -2.19. The fourth-order valence-corrected chi connectivity index (χ4v) is 2.45. The predicted octanol–water partition coefficient (Wildman–Crippen LogP) is 2.48. The van der Waals surface area contributed by atoms with Gasteiger partial charge in [0.25, 0.3) is 5.69 Å². The second-order valence-corrected chi connectivity index (χ2v) is 5.20. The Morgan fingerprint density at radius 2 is 2.13 bits per heavy atom. The van der Waals surface area contributed by atoms with Crippen LogP contribution < -0.4 is 0 Å². The zero-order valence-electron chi connectivity index (χ0n) is 11.7. The molecule has 0 fully saturated rings. The van der Waals surface area contributed by atoms with Crippen LogP contribution in [0, 0.1) is 14.9 Å². The summed E-state index contributed by atoms with van der Waals surface area (Å²) < 4.78 is 6.43. The Labute approximate surface area is 133 Å². The van der Waals surface area contributed by atoms with Crippen LogP contribution in [0.2, 0.25) is 0 Å². The van der Waals surface area contributed by atoms with Crippen molar-refractivity contribution in [1.82, 2.24) is 9.55 Å². The third-order valence-corrected chi connectivity index (χ3v) is 3.54. The second kappa shape index (κ2) is 5.29. The van der Waals surface area contributed by atoms with Crippen LogP contribution in [-0.4, -0.2) is 26.2 Å². The highest BCUT2D eigenvalue weighted by atomic mass is 32.1. The topological polar surface area (TPSA) is 107 Å². The number of aromatic nitrogens is 2. The molecule has 1 aliphatic heterocycles. The van der Waals surface area contributed by atoms with Gasteiger partial charge in [-0.1, -0.05) is 0 Å². The molecular formula is C14H9N3O5S. The first-order valence-corrected chi connectivity index (χ1v) is 6.83. The molecule has 8 nitrogen and oxygen atoms in total. The van der Waals surface area contributed by atoms with Gasteiger partial charge in [0.1, 0.15) is 11.3 Å². The number of ketones is 1. The molecule has 1 aliphatic rings. The number of nitrogens with one attached hydrogen (secondary N) is 1. The highest BCUT2D eigenvalue weighted by molar-refractivity contribution is 7.71. The minimum atomic E-state index is -0.795. The third kappa shape index (κ3) is 2.57. The summed E-state index contributed by atoms with van der Waals surface area (Å²) in [6, 6.07) is 4.14. The summed E-state index contributed by atoms with van der Waals surface area (Å²) in [5.74, 6) is -1.10. The molecule has 0 saturated heterocycles. The maximum absolute atomic E-state index is 12.0. The smallest absolute Gasteiger partial charge is 0.348 e. The molecule has 0 spiro atoms. The molecule has 3 rings (SSSR count).